The molecule has 1 aromatic rings. The van der Waals surface area contributed by atoms with Gasteiger partial charge >= 0.3 is 0 Å². The van der Waals surface area contributed by atoms with Crippen LogP contribution >= 0.6 is 0 Å². The fourth-order valence-corrected chi connectivity index (χ4v) is 5.85. The zero-order valence-corrected chi connectivity index (χ0v) is 14.7. The number of nitrogens with one attached hydrogen (secondary N) is 1. The summed E-state index contributed by atoms with van der Waals surface area (Å²) in [6, 6.07) is 0. The summed E-state index contributed by atoms with van der Waals surface area (Å²) in [7, 11) is -2.89. The van der Waals surface area contributed by atoms with Crippen molar-refractivity contribution in [2.45, 2.75) is 51.5 Å². The monoisotopic (exact) mass is 355 g/mol. The molecule has 1 atom stereocenters. The predicted molar refractivity (Wildman–Crippen MR) is 87.7 cm³/mol. The number of carbonyl (C=O) groups excluding carboxylic acids is 1. The van der Waals surface area contributed by atoms with E-state index in [0.29, 0.717) is 25.9 Å². The van der Waals surface area contributed by atoms with E-state index in [9.17, 15) is 13.2 Å². The Bertz CT molecular complexity index is 653. The summed E-state index contributed by atoms with van der Waals surface area (Å²) in [5.74, 6) is 0.509. The van der Waals surface area contributed by atoms with Gasteiger partial charge in [0.2, 0.25) is 5.91 Å². The molecule has 3 rings (SSSR count). The quantitative estimate of drug-likeness (QED) is 0.799. The van der Waals surface area contributed by atoms with E-state index in [4.69, 9.17) is 0 Å². The van der Waals surface area contributed by atoms with Gasteiger partial charge in [-0.2, -0.15) is 0 Å². The number of tetrazole rings is 1. The molecule has 0 spiro atoms. The van der Waals surface area contributed by atoms with Gasteiger partial charge in [-0.05, 0) is 41.0 Å². The first-order valence-corrected chi connectivity index (χ1v) is 10.5. The first kappa shape index (κ1) is 17.3. The Labute approximate surface area is 142 Å². The number of hydrogen-bond acceptors (Lipinski definition) is 6. The maximum absolute atomic E-state index is 12.4. The second-order valence-corrected chi connectivity index (χ2v) is 9.55. The van der Waals surface area contributed by atoms with Gasteiger partial charge in [0.1, 0.15) is 6.33 Å². The third-order valence-corrected chi connectivity index (χ3v) is 7.09. The minimum Gasteiger partial charge on any atom is -0.356 e. The van der Waals surface area contributed by atoms with Gasteiger partial charge in [-0.25, -0.2) is 13.1 Å². The summed E-state index contributed by atoms with van der Waals surface area (Å²) in [4.78, 5) is 12.4. The highest BCUT2D eigenvalue weighted by Gasteiger charge is 2.35. The van der Waals surface area contributed by atoms with Crippen molar-refractivity contribution in [2.24, 2.45) is 11.3 Å². The lowest BCUT2D eigenvalue weighted by Gasteiger charge is -2.36. The summed E-state index contributed by atoms with van der Waals surface area (Å²) >= 11 is 0. The smallest absolute Gasteiger partial charge is 0.220 e. The lowest BCUT2D eigenvalue weighted by molar-refractivity contribution is -0.124. The van der Waals surface area contributed by atoms with Gasteiger partial charge in [0.25, 0.3) is 0 Å². The van der Waals surface area contributed by atoms with Gasteiger partial charge in [0, 0.05) is 13.0 Å². The van der Waals surface area contributed by atoms with Gasteiger partial charge in [-0.15, -0.1) is 5.10 Å². The molecule has 0 radical (unpaired) electrons. The highest BCUT2D eigenvalue weighted by atomic mass is 32.2. The molecule has 9 heteroatoms. The Morgan fingerprint density at radius 1 is 1.29 bits per heavy atom. The Morgan fingerprint density at radius 3 is 2.71 bits per heavy atom. The molecule has 2 heterocycles. The third-order valence-electron chi connectivity index (χ3n) is 5.25. The molecule has 2 aliphatic rings. The largest absolute Gasteiger partial charge is 0.356 e. The predicted octanol–water partition coefficient (Wildman–Crippen LogP) is 0.565. The Hall–Kier alpha value is -1.51. The van der Waals surface area contributed by atoms with Crippen molar-refractivity contribution in [3.05, 3.63) is 6.33 Å². The number of amides is 1. The molecular weight excluding hydrogens is 330 g/mol. The van der Waals surface area contributed by atoms with E-state index in [1.54, 1.807) is 11.0 Å². The maximum Gasteiger partial charge on any atom is 0.220 e. The molecule has 0 aromatic carbocycles. The molecule has 134 valence electrons. The van der Waals surface area contributed by atoms with Crippen LogP contribution in [0, 0.1) is 11.3 Å². The molecule has 1 aromatic heterocycles. The Morgan fingerprint density at radius 2 is 2.08 bits per heavy atom. The number of rotatable bonds is 6. The highest BCUT2D eigenvalue weighted by molar-refractivity contribution is 7.91. The Balaban J connectivity index is 1.55. The molecule has 1 unspecified atom stereocenters. The summed E-state index contributed by atoms with van der Waals surface area (Å²) in [6.07, 6.45) is 8.14. The van der Waals surface area contributed by atoms with Crippen molar-refractivity contribution in [1.82, 2.24) is 25.5 Å². The average Bonchev–Trinajstić information content (AvgIpc) is 3.15. The van der Waals surface area contributed by atoms with Gasteiger partial charge < -0.3 is 5.32 Å². The molecule has 1 saturated carbocycles. The minimum atomic E-state index is -2.89. The van der Waals surface area contributed by atoms with E-state index in [0.717, 1.165) is 25.7 Å². The van der Waals surface area contributed by atoms with Crippen LogP contribution in [-0.4, -0.2) is 52.6 Å². The number of aromatic nitrogens is 4. The van der Waals surface area contributed by atoms with E-state index >= 15 is 0 Å². The van der Waals surface area contributed by atoms with Crippen LogP contribution in [0.25, 0.3) is 0 Å². The van der Waals surface area contributed by atoms with Gasteiger partial charge in [-0.1, -0.05) is 19.3 Å². The zero-order valence-electron chi connectivity index (χ0n) is 13.9. The van der Waals surface area contributed by atoms with E-state index < -0.39 is 9.84 Å². The molecule has 2 fully saturated rings. The summed E-state index contributed by atoms with van der Waals surface area (Å²) < 4.78 is 24.7. The molecule has 1 saturated heterocycles. The topological polar surface area (TPSA) is 107 Å². The second kappa shape index (κ2) is 7.16. The van der Waals surface area contributed by atoms with Crippen LogP contribution in [0.4, 0.5) is 0 Å². The lowest BCUT2D eigenvalue weighted by atomic mass is 9.71. The van der Waals surface area contributed by atoms with Crippen LogP contribution in [0.2, 0.25) is 0 Å². The minimum absolute atomic E-state index is 0.00859. The van der Waals surface area contributed by atoms with E-state index in [-0.39, 0.29) is 28.7 Å². The highest BCUT2D eigenvalue weighted by Crippen LogP contribution is 2.40. The number of nitrogens with zero attached hydrogens (tertiary/aromatic N) is 4. The molecule has 0 bridgehead atoms. The standard InChI is InChI=1S/C15H25N5O3S/c21-14(16-9-13-4-7-24(22,23)10-13)8-15(5-2-1-3-6-15)11-20-12-17-18-19-20/h12-13H,1-11H2,(H,16,21). The van der Waals surface area contributed by atoms with Crippen LogP contribution in [0.1, 0.15) is 44.9 Å². The summed E-state index contributed by atoms with van der Waals surface area (Å²) in [5, 5.41) is 14.2. The normalized spacial score (nSPS) is 25.4. The average molecular weight is 355 g/mol. The molecule has 1 amide bonds. The summed E-state index contributed by atoms with van der Waals surface area (Å²) in [5.41, 5.74) is -0.0978. The first-order chi connectivity index (χ1) is 11.5. The molecule has 1 N–H and O–H groups in total. The number of carbonyl (C=O) groups is 1. The van der Waals surface area contributed by atoms with Gasteiger partial charge in [0.05, 0.1) is 18.1 Å². The third kappa shape index (κ3) is 4.52. The van der Waals surface area contributed by atoms with Crippen LogP contribution < -0.4 is 5.32 Å². The van der Waals surface area contributed by atoms with Gasteiger partial charge in [-0.3, -0.25) is 4.79 Å². The molecule has 1 aliphatic heterocycles. The van der Waals surface area contributed by atoms with E-state index in [1.165, 1.54) is 6.42 Å². The number of sulfone groups is 1. The van der Waals surface area contributed by atoms with Crippen molar-refractivity contribution in [1.29, 1.82) is 0 Å². The van der Waals surface area contributed by atoms with E-state index in [1.807, 2.05) is 0 Å². The van der Waals surface area contributed by atoms with Crippen LogP contribution in [0.3, 0.4) is 0 Å². The second-order valence-electron chi connectivity index (χ2n) is 7.32. The van der Waals surface area contributed by atoms with Crippen LogP contribution in [0.15, 0.2) is 6.33 Å². The zero-order chi connectivity index (χ0) is 17.0. The van der Waals surface area contributed by atoms with Crippen molar-refractivity contribution in [3.63, 3.8) is 0 Å². The fraction of sp³-hybridized carbons (Fsp3) is 0.867. The maximum atomic E-state index is 12.4. The molecule has 8 nitrogen and oxygen atoms in total. The van der Waals surface area contributed by atoms with Gasteiger partial charge in [0.15, 0.2) is 9.84 Å². The van der Waals surface area contributed by atoms with Crippen molar-refractivity contribution < 1.29 is 13.2 Å². The van der Waals surface area contributed by atoms with Crippen LogP contribution in [0.5, 0.6) is 0 Å². The molecule has 24 heavy (non-hydrogen) atoms. The Kier molecular flexibility index (Phi) is 5.17. The van der Waals surface area contributed by atoms with E-state index in [2.05, 4.69) is 20.8 Å². The van der Waals surface area contributed by atoms with Crippen LogP contribution in [-0.2, 0) is 21.2 Å². The van der Waals surface area contributed by atoms with Crippen molar-refractivity contribution in [2.75, 3.05) is 18.1 Å². The van der Waals surface area contributed by atoms with Crippen molar-refractivity contribution >= 4 is 15.7 Å². The lowest BCUT2D eigenvalue weighted by Crippen LogP contribution is -2.38. The molecule has 1 aliphatic carbocycles. The number of hydrogen-bond donors (Lipinski definition) is 1. The SMILES string of the molecule is O=C(CC1(Cn2cnnn2)CCCCC1)NCC1CCS(=O)(=O)C1. The fourth-order valence-electron chi connectivity index (χ4n) is 3.98. The van der Waals surface area contributed by atoms with Crippen molar-refractivity contribution in [3.8, 4) is 0 Å². The first-order valence-electron chi connectivity index (χ1n) is 8.64. The molecular formula is C15H25N5O3S. The summed E-state index contributed by atoms with van der Waals surface area (Å²) in [6.45, 7) is 1.12.